The first-order chi connectivity index (χ1) is 11.6. The van der Waals surface area contributed by atoms with Crippen molar-refractivity contribution in [2.45, 2.75) is 6.92 Å². The maximum absolute atomic E-state index is 11.1. The topological polar surface area (TPSA) is 61.0 Å². The van der Waals surface area contributed by atoms with E-state index in [1.54, 1.807) is 13.2 Å². The van der Waals surface area contributed by atoms with Gasteiger partial charge in [0.1, 0.15) is 22.5 Å². The standard InChI is InChI=1S/C18H14BrNO4/c1-11(21)24-20-16-10-18(12-3-6-14(22-2)7-4-12)23-17-8-5-13(19)9-15(16)17/h3-10H,1-2H3. The van der Waals surface area contributed by atoms with E-state index in [4.69, 9.17) is 14.0 Å². The van der Waals surface area contributed by atoms with Gasteiger partial charge in [0.2, 0.25) is 0 Å². The molecule has 3 aromatic rings. The molecule has 0 spiro atoms. The van der Waals surface area contributed by atoms with Gasteiger partial charge in [-0.2, -0.15) is 0 Å². The van der Waals surface area contributed by atoms with Gasteiger partial charge in [0.25, 0.3) is 0 Å². The van der Waals surface area contributed by atoms with Crippen LogP contribution in [0.25, 0.3) is 22.3 Å². The van der Waals surface area contributed by atoms with Gasteiger partial charge in [0, 0.05) is 28.4 Å². The number of hydrogen-bond acceptors (Lipinski definition) is 5. The van der Waals surface area contributed by atoms with Crippen molar-refractivity contribution < 1.29 is 18.8 Å². The Labute approximate surface area is 146 Å². The van der Waals surface area contributed by atoms with Crippen LogP contribution in [-0.2, 0) is 9.63 Å². The summed E-state index contributed by atoms with van der Waals surface area (Å²) in [4.78, 5) is 15.9. The van der Waals surface area contributed by atoms with Gasteiger partial charge >= 0.3 is 5.97 Å². The zero-order chi connectivity index (χ0) is 17.1. The Bertz CT molecular complexity index is 961. The average molecular weight is 388 g/mol. The molecule has 2 aromatic carbocycles. The number of hydrogen-bond donors (Lipinski definition) is 0. The highest BCUT2D eigenvalue weighted by molar-refractivity contribution is 9.10. The zero-order valence-corrected chi connectivity index (χ0v) is 14.7. The van der Waals surface area contributed by atoms with Crippen molar-refractivity contribution in [1.82, 2.24) is 0 Å². The third-order valence-electron chi connectivity index (χ3n) is 3.35. The van der Waals surface area contributed by atoms with Gasteiger partial charge in [-0.05, 0) is 42.5 Å². The van der Waals surface area contributed by atoms with E-state index in [0.717, 1.165) is 21.2 Å². The van der Waals surface area contributed by atoms with Gasteiger partial charge < -0.3 is 14.0 Å². The number of halogens is 1. The molecule has 0 bridgehead atoms. The largest absolute Gasteiger partial charge is 0.497 e. The lowest BCUT2D eigenvalue weighted by Crippen LogP contribution is -2.06. The summed E-state index contributed by atoms with van der Waals surface area (Å²) in [5.41, 5.74) is 1.50. The molecular formula is C18H14BrNO4. The second-order valence-electron chi connectivity index (χ2n) is 5.04. The number of benzene rings is 2. The van der Waals surface area contributed by atoms with Gasteiger partial charge in [0.05, 0.1) is 7.11 Å². The molecule has 0 aliphatic rings. The quantitative estimate of drug-likeness (QED) is 0.497. The lowest BCUT2D eigenvalue weighted by atomic mass is 10.1. The lowest BCUT2D eigenvalue weighted by Gasteiger charge is -2.06. The Morgan fingerprint density at radius 2 is 1.88 bits per heavy atom. The molecule has 0 amide bonds. The van der Waals surface area contributed by atoms with Gasteiger partial charge in [-0.1, -0.05) is 21.1 Å². The Kier molecular flexibility index (Phi) is 4.66. The SMILES string of the molecule is COc1ccc(-c2cc(=NOC(C)=O)c3cc(Br)ccc3o2)cc1. The summed E-state index contributed by atoms with van der Waals surface area (Å²) in [6.45, 7) is 1.30. The smallest absolute Gasteiger partial charge is 0.332 e. The van der Waals surface area contributed by atoms with E-state index in [1.165, 1.54) is 6.92 Å². The Balaban J connectivity index is 2.20. The van der Waals surface area contributed by atoms with E-state index in [9.17, 15) is 4.79 Å². The minimum atomic E-state index is -0.482. The molecule has 5 nitrogen and oxygen atoms in total. The molecule has 1 aromatic heterocycles. The Hall–Kier alpha value is -2.60. The van der Waals surface area contributed by atoms with Crippen molar-refractivity contribution in [3.63, 3.8) is 0 Å². The van der Waals surface area contributed by atoms with Gasteiger partial charge in [0.15, 0.2) is 0 Å². The van der Waals surface area contributed by atoms with Crippen LogP contribution < -0.4 is 10.1 Å². The second kappa shape index (κ2) is 6.88. The minimum Gasteiger partial charge on any atom is -0.497 e. The van der Waals surface area contributed by atoms with Crippen LogP contribution in [0.4, 0.5) is 0 Å². The van der Waals surface area contributed by atoms with Crippen molar-refractivity contribution in [2.24, 2.45) is 5.16 Å². The molecule has 0 N–H and O–H groups in total. The zero-order valence-electron chi connectivity index (χ0n) is 13.1. The summed E-state index contributed by atoms with van der Waals surface area (Å²) in [5, 5.41) is 5.19. The number of methoxy groups -OCH3 is 1. The molecule has 1 heterocycles. The van der Waals surface area contributed by atoms with Crippen LogP contribution in [0, 0.1) is 0 Å². The predicted molar refractivity (Wildman–Crippen MR) is 93.2 cm³/mol. The highest BCUT2D eigenvalue weighted by atomic mass is 79.9. The fraction of sp³-hybridized carbons (Fsp3) is 0.111. The van der Waals surface area contributed by atoms with Crippen LogP contribution in [-0.4, -0.2) is 13.1 Å². The normalized spacial score (nSPS) is 11.5. The summed E-state index contributed by atoms with van der Waals surface area (Å²) in [6, 6.07) is 14.8. The van der Waals surface area contributed by atoms with Gasteiger partial charge in [-0.15, -0.1) is 0 Å². The third kappa shape index (κ3) is 3.49. The third-order valence-corrected chi connectivity index (χ3v) is 3.85. The summed E-state index contributed by atoms with van der Waals surface area (Å²) in [5.74, 6) is 0.886. The molecule has 0 aliphatic carbocycles. The van der Waals surface area contributed by atoms with E-state index in [1.807, 2.05) is 42.5 Å². The monoisotopic (exact) mass is 387 g/mol. The van der Waals surface area contributed by atoms with Crippen LogP contribution in [0.2, 0.25) is 0 Å². The number of ether oxygens (including phenoxy) is 1. The van der Waals surface area contributed by atoms with Crippen molar-refractivity contribution in [3.05, 3.63) is 58.4 Å². The molecule has 0 aliphatic heterocycles. The van der Waals surface area contributed by atoms with E-state index in [2.05, 4.69) is 21.1 Å². The molecule has 0 saturated carbocycles. The Morgan fingerprint density at radius 1 is 1.12 bits per heavy atom. The van der Waals surface area contributed by atoms with Crippen molar-refractivity contribution >= 4 is 32.9 Å². The lowest BCUT2D eigenvalue weighted by molar-refractivity contribution is -0.141. The first-order valence-electron chi connectivity index (χ1n) is 7.16. The van der Waals surface area contributed by atoms with E-state index in [-0.39, 0.29) is 0 Å². The van der Waals surface area contributed by atoms with E-state index >= 15 is 0 Å². The maximum atomic E-state index is 11.1. The molecular weight excluding hydrogens is 374 g/mol. The molecule has 6 heteroatoms. The summed E-state index contributed by atoms with van der Waals surface area (Å²) in [7, 11) is 1.61. The molecule has 0 saturated heterocycles. The number of rotatable bonds is 3. The number of fused-ring (bicyclic) bond motifs is 1. The van der Waals surface area contributed by atoms with Crippen molar-refractivity contribution in [1.29, 1.82) is 0 Å². The van der Waals surface area contributed by atoms with Gasteiger partial charge in [-0.25, -0.2) is 4.79 Å². The molecule has 0 radical (unpaired) electrons. The van der Waals surface area contributed by atoms with Crippen molar-refractivity contribution in [2.75, 3.05) is 7.11 Å². The summed E-state index contributed by atoms with van der Waals surface area (Å²) in [6.07, 6.45) is 0. The number of carbonyl (C=O) groups excluding carboxylic acids is 1. The molecule has 0 fully saturated rings. The summed E-state index contributed by atoms with van der Waals surface area (Å²) < 4.78 is 12.0. The molecule has 3 rings (SSSR count). The van der Waals surface area contributed by atoms with Crippen LogP contribution >= 0.6 is 15.9 Å². The van der Waals surface area contributed by atoms with E-state index < -0.39 is 5.97 Å². The van der Waals surface area contributed by atoms with Crippen LogP contribution in [0.3, 0.4) is 0 Å². The van der Waals surface area contributed by atoms with E-state index in [0.29, 0.717) is 16.7 Å². The van der Waals surface area contributed by atoms with Gasteiger partial charge in [-0.3, -0.25) is 0 Å². The fourth-order valence-corrected chi connectivity index (χ4v) is 2.59. The molecule has 122 valence electrons. The number of nitrogens with zero attached hydrogens (tertiary/aromatic N) is 1. The van der Waals surface area contributed by atoms with Crippen LogP contribution in [0.15, 0.2) is 62.6 Å². The first-order valence-corrected chi connectivity index (χ1v) is 7.95. The molecule has 0 atom stereocenters. The Morgan fingerprint density at radius 3 is 2.54 bits per heavy atom. The van der Waals surface area contributed by atoms with Crippen molar-refractivity contribution in [3.8, 4) is 17.1 Å². The second-order valence-corrected chi connectivity index (χ2v) is 5.95. The fourth-order valence-electron chi connectivity index (χ4n) is 2.23. The van der Waals surface area contributed by atoms with Crippen LogP contribution in [0.1, 0.15) is 6.92 Å². The minimum absolute atomic E-state index is 0.482. The highest BCUT2D eigenvalue weighted by Gasteiger charge is 2.08. The molecule has 0 unspecified atom stereocenters. The highest BCUT2D eigenvalue weighted by Crippen LogP contribution is 2.25. The molecule has 24 heavy (non-hydrogen) atoms. The number of carbonyl (C=O) groups is 1. The van der Waals surface area contributed by atoms with Crippen LogP contribution in [0.5, 0.6) is 5.75 Å². The average Bonchev–Trinajstić information content (AvgIpc) is 2.59. The first kappa shape index (κ1) is 16.3. The maximum Gasteiger partial charge on any atom is 0.332 e. The summed E-state index contributed by atoms with van der Waals surface area (Å²) >= 11 is 3.42. The predicted octanol–water partition coefficient (Wildman–Crippen LogP) is 4.25.